The molecule has 1 atom stereocenters. The molecule has 1 aromatic carbocycles. The highest BCUT2D eigenvalue weighted by molar-refractivity contribution is 14.0. The number of ether oxygens (including phenoxy) is 1. The smallest absolute Gasteiger partial charge is 0.191 e. The number of nitrogens with one attached hydrogen (secondary N) is 2. The van der Waals surface area contributed by atoms with Gasteiger partial charge >= 0.3 is 0 Å². The van der Waals surface area contributed by atoms with E-state index in [1.165, 1.54) is 5.56 Å². The number of rotatable bonds is 7. The summed E-state index contributed by atoms with van der Waals surface area (Å²) >= 11 is 0. The molecule has 142 valence electrons. The molecule has 1 aromatic rings. The number of benzene rings is 1. The first-order chi connectivity index (χ1) is 11.5. The number of aliphatic imine (C=N–C) groups is 1. The third kappa shape index (κ3) is 7.81. The van der Waals surface area contributed by atoms with E-state index in [0.29, 0.717) is 13.1 Å². The van der Waals surface area contributed by atoms with Crippen molar-refractivity contribution in [2.24, 2.45) is 4.99 Å². The summed E-state index contributed by atoms with van der Waals surface area (Å²) in [4.78, 5) is 4.55. The molecule has 0 aromatic heterocycles. The van der Waals surface area contributed by atoms with Crippen LogP contribution in [-0.4, -0.2) is 42.4 Å². The van der Waals surface area contributed by atoms with Crippen molar-refractivity contribution in [1.82, 2.24) is 10.6 Å². The summed E-state index contributed by atoms with van der Waals surface area (Å²) in [6.07, 6.45) is 3.91. The molecule has 3 N–H and O–H groups in total. The highest BCUT2D eigenvalue weighted by Gasteiger charge is 2.30. The number of aliphatic hydroxyl groups is 1. The van der Waals surface area contributed by atoms with Gasteiger partial charge in [0.1, 0.15) is 11.9 Å². The normalized spacial score (nSPS) is 17.5. The van der Waals surface area contributed by atoms with Crippen molar-refractivity contribution in [3.63, 3.8) is 0 Å². The summed E-state index contributed by atoms with van der Waals surface area (Å²) in [6, 6.07) is 8.06. The fraction of sp³-hybridized carbons (Fsp3) is 0.632. The summed E-state index contributed by atoms with van der Waals surface area (Å²) in [6.45, 7) is 8.02. The minimum absolute atomic E-state index is 0. The standard InChI is InChI=1S/C19H31N3O2.HI/c1-4-20-18(22-14-19(23)10-5-6-11-19)21-13-16(3)24-17-9-7-8-15(2)12-17;/h7-9,12,16,23H,4-6,10-11,13-14H2,1-3H3,(H2,20,21,22);1H. The number of nitrogens with zero attached hydrogens (tertiary/aromatic N) is 1. The van der Waals surface area contributed by atoms with Crippen molar-refractivity contribution in [2.45, 2.75) is 58.2 Å². The molecule has 25 heavy (non-hydrogen) atoms. The Labute approximate surface area is 168 Å². The largest absolute Gasteiger partial charge is 0.489 e. The zero-order valence-electron chi connectivity index (χ0n) is 15.5. The van der Waals surface area contributed by atoms with Gasteiger partial charge in [0, 0.05) is 6.54 Å². The first-order valence-corrected chi connectivity index (χ1v) is 8.99. The molecule has 1 aliphatic carbocycles. The van der Waals surface area contributed by atoms with Crippen LogP contribution in [0.3, 0.4) is 0 Å². The second kappa shape index (κ2) is 10.9. The van der Waals surface area contributed by atoms with Crippen LogP contribution in [0.5, 0.6) is 5.75 Å². The SMILES string of the molecule is CCNC(=NCC1(O)CCCC1)NCC(C)Oc1cccc(C)c1.I. The van der Waals surface area contributed by atoms with E-state index in [0.717, 1.165) is 43.9 Å². The van der Waals surface area contributed by atoms with Gasteiger partial charge < -0.3 is 20.5 Å². The topological polar surface area (TPSA) is 65.9 Å². The lowest BCUT2D eigenvalue weighted by molar-refractivity contribution is 0.0574. The third-order valence-corrected chi connectivity index (χ3v) is 4.29. The molecule has 1 saturated carbocycles. The number of halogens is 1. The molecule has 5 nitrogen and oxygen atoms in total. The van der Waals surface area contributed by atoms with Crippen LogP contribution in [0.25, 0.3) is 0 Å². The molecule has 0 saturated heterocycles. The molecule has 0 bridgehead atoms. The minimum Gasteiger partial charge on any atom is -0.489 e. The van der Waals surface area contributed by atoms with Gasteiger partial charge in [-0.3, -0.25) is 4.99 Å². The Morgan fingerprint density at radius 2 is 2.04 bits per heavy atom. The maximum atomic E-state index is 10.4. The molecular formula is C19H32IN3O2. The van der Waals surface area contributed by atoms with E-state index in [2.05, 4.69) is 28.6 Å². The van der Waals surface area contributed by atoms with E-state index in [1.807, 2.05) is 32.0 Å². The van der Waals surface area contributed by atoms with E-state index >= 15 is 0 Å². The van der Waals surface area contributed by atoms with Crippen molar-refractivity contribution in [2.75, 3.05) is 19.6 Å². The van der Waals surface area contributed by atoms with Gasteiger partial charge in [-0.15, -0.1) is 24.0 Å². The Bertz CT molecular complexity index is 545. The lowest BCUT2D eigenvalue weighted by atomic mass is 10.0. The molecule has 1 unspecified atom stereocenters. The lowest BCUT2D eigenvalue weighted by Crippen LogP contribution is -2.43. The number of guanidine groups is 1. The van der Waals surface area contributed by atoms with Crippen LogP contribution in [0, 0.1) is 6.92 Å². The molecule has 6 heteroatoms. The Balaban J connectivity index is 0.00000312. The molecule has 0 radical (unpaired) electrons. The summed E-state index contributed by atoms with van der Waals surface area (Å²) in [7, 11) is 0. The van der Waals surface area contributed by atoms with Gasteiger partial charge in [-0.05, 0) is 51.3 Å². The molecule has 0 amide bonds. The van der Waals surface area contributed by atoms with Crippen molar-refractivity contribution in [3.05, 3.63) is 29.8 Å². The Hall–Kier alpha value is -1.02. The number of aryl methyl sites for hydroxylation is 1. The molecular weight excluding hydrogens is 429 g/mol. The maximum absolute atomic E-state index is 10.4. The zero-order valence-corrected chi connectivity index (χ0v) is 17.9. The van der Waals surface area contributed by atoms with E-state index in [4.69, 9.17) is 4.74 Å². The molecule has 0 heterocycles. The van der Waals surface area contributed by atoms with Gasteiger partial charge in [0.2, 0.25) is 0 Å². The predicted molar refractivity (Wildman–Crippen MR) is 114 cm³/mol. The van der Waals surface area contributed by atoms with Gasteiger partial charge in [-0.25, -0.2) is 0 Å². The van der Waals surface area contributed by atoms with Crippen molar-refractivity contribution in [3.8, 4) is 5.75 Å². The van der Waals surface area contributed by atoms with Crippen LogP contribution in [0.4, 0.5) is 0 Å². The van der Waals surface area contributed by atoms with Gasteiger partial charge in [-0.2, -0.15) is 0 Å². The first-order valence-electron chi connectivity index (χ1n) is 8.99. The highest BCUT2D eigenvalue weighted by atomic mass is 127. The average molecular weight is 461 g/mol. The lowest BCUT2D eigenvalue weighted by Gasteiger charge is -2.21. The third-order valence-electron chi connectivity index (χ3n) is 4.29. The van der Waals surface area contributed by atoms with E-state index in [9.17, 15) is 5.11 Å². The number of hydrogen-bond acceptors (Lipinski definition) is 3. The van der Waals surface area contributed by atoms with E-state index in [-0.39, 0.29) is 30.1 Å². The fourth-order valence-electron chi connectivity index (χ4n) is 2.96. The molecule has 1 fully saturated rings. The van der Waals surface area contributed by atoms with Crippen LogP contribution in [-0.2, 0) is 0 Å². The van der Waals surface area contributed by atoms with E-state index < -0.39 is 5.60 Å². The summed E-state index contributed by atoms with van der Waals surface area (Å²) < 4.78 is 5.93. The summed E-state index contributed by atoms with van der Waals surface area (Å²) in [5, 5.41) is 16.9. The monoisotopic (exact) mass is 461 g/mol. The van der Waals surface area contributed by atoms with Crippen LogP contribution in [0.15, 0.2) is 29.3 Å². The molecule has 0 spiro atoms. The number of hydrogen-bond donors (Lipinski definition) is 3. The van der Waals surface area contributed by atoms with Crippen molar-refractivity contribution < 1.29 is 9.84 Å². The van der Waals surface area contributed by atoms with Crippen molar-refractivity contribution >= 4 is 29.9 Å². The quantitative estimate of drug-likeness (QED) is 0.332. The predicted octanol–water partition coefficient (Wildman–Crippen LogP) is 3.24. The van der Waals surface area contributed by atoms with Crippen LogP contribution < -0.4 is 15.4 Å². The minimum atomic E-state index is -0.619. The second-order valence-corrected chi connectivity index (χ2v) is 6.75. The molecule has 1 aliphatic rings. The van der Waals surface area contributed by atoms with Gasteiger partial charge in [0.05, 0.1) is 18.7 Å². The van der Waals surface area contributed by atoms with Crippen LogP contribution in [0.1, 0.15) is 45.1 Å². The molecule has 0 aliphatic heterocycles. The molecule has 2 rings (SSSR count). The average Bonchev–Trinajstić information content (AvgIpc) is 2.97. The van der Waals surface area contributed by atoms with Crippen molar-refractivity contribution in [1.29, 1.82) is 0 Å². The Morgan fingerprint density at radius 3 is 2.68 bits per heavy atom. The van der Waals surface area contributed by atoms with Crippen LogP contribution in [0.2, 0.25) is 0 Å². The van der Waals surface area contributed by atoms with Gasteiger partial charge in [0.15, 0.2) is 5.96 Å². The highest BCUT2D eigenvalue weighted by Crippen LogP contribution is 2.29. The second-order valence-electron chi connectivity index (χ2n) is 6.75. The van der Waals surface area contributed by atoms with Crippen LogP contribution >= 0.6 is 24.0 Å². The van der Waals surface area contributed by atoms with Gasteiger partial charge in [0.25, 0.3) is 0 Å². The summed E-state index contributed by atoms with van der Waals surface area (Å²) in [5.74, 6) is 1.61. The van der Waals surface area contributed by atoms with E-state index in [1.54, 1.807) is 0 Å². The fourth-order valence-corrected chi connectivity index (χ4v) is 2.96. The first kappa shape index (κ1) is 22.0. The summed E-state index contributed by atoms with van der Waals surface area (Å²) in [5.41, 5.74) is 0.568. The Kier molecular flexibility index (Phi) is 9.56. The maximum Gasteiger partial charge on any atom is 0.191 e. The Morgan fingerprint density at radius 1 is 1.32 bits per heavy atom. The zero-order chi connectivity index (χ0) is 17.4. The van der Waals surface area contributed by atoms with Gasteiger partial charge in [-0.1, -0.05) is 25.0 Å².